The van der Waals surface area contributed by atoms with Crippen molar-refractivity contribution >= 4 is 17.1 Å². The van der Waals surface area contributed by atoms with Gasteiger partial charge in [-0.1, -0.05) is 12.1 Å². The van der Waals surface area contributed by atoms with Crippen molar-refractivity contribution < 1.29 is 14.1 Å². The fourth-order valence-corrected chi connectivity index (χ4v) is 1.78. The molecule has 2 aromatic carbocycles. The SMILES string of the molecule is CCOCc1ccc(Nc2ccc([N+](=O)[O-])cc2F)cc1. The van der Waals surface area contributed by atoms with Crippen LogP contribution in [0.4, 0.5) is 21.5 Å². The summed E-state index contributed by atoms with van der Waals surface area (Å²) in [5.41, 5.74) is 1.64. The van der Waals surface area contributed by atoms with Crippen LogP contribution in [0.1, 0.15) is 12.5 Å². The molecule has 0 aromatic heterocycles. The summed E-state index contributed by atoms with van der Waals surface area (Å²) in [5.74, 6) is -0.664. The highest BCUT2D eigenvalue weighted by molar-refractivity contribution is 5.61. The maximum atomic E-state index is 13.8. The van der Waals surface area contributed by atoms with Gasteiger partial charge >= 0.3 is 0 Å². The van der Waals surface area contributed by atoms with Crippen molar-refractivity contribution in [3.63, 3.8) is 0 Å². The first kappa shape index (κ1) is 14.9. The van der Waals surface area contributed by atoms with E-state index >= 15 is 0 Å². The van der Waals surface area contributed by atoms with Crippen LogP contribution in [0.25, 0.3) is 0 Å². The lowest BCUT2D eigenvalue weighted by molar-refractivity contribution is -0.385. The Balaban J connectivity index is 2.09. The Bertz CT molecular complexity index is 629. The van der Waals surface area contributed by atoms with Crippen LogP contribution in [0.5, 0.6) is 0 Å². The van der Waals surface area contributed by atoms with Gasteiger partial charge in [0.1, 0.15) is 0 Å². The van der Waals surface area contributed by atoms with E-state index in [4.69, 9.17) is 4.74 Å². The molecule has 5 nitrogen and oxygen atoms in total. The monoisotopic (exact) mass is 290 g/mol. The highest BCUT2D eigenvalue weighted by Gasteiger charge is 2.10. The topological polar surface area (TPSA) is 64.4 Å². The van der Waals surface area contributed by atoms with Gasteiger partial charge in [-0.3, -0.25) is 10.1 Å². The largest absolute Gasteiger partial charge is 0.377 e. The molecule has 0 heterocycles. The third-order valence-corrected chi connectivity index (χ3v) is 2.87. The molecular formula is C15H15FN2O3. The summed E-state index contributed by atoms with van der Waals surface area (Å²) in [5, 5.41) is 13.4. The summed E-state index contributed by atoms with van der Waals surface area (Å²) in [6.45, 7) is 3.10. The predicted octanol–water partition coefficient (Wildman–Crippen LogP) is 4.01. The predicted molar refractivity (Wildman–Crippen MR) is 78.1 cm³/mol. The highest BCUT2D eigenvalue weighted by atomic mass is 19.1. The van der Waals surface area contributed by atoms with Crippen LogP contribution in [0.2, 0.25) is 0 Å². The molecule has 1 N–H and O–H groups in total. The van der Waals surface area contributed by atoms with E-state index in [2.05, 4.69) is 5.32 Å². The molecule has 0 atom stereocenters. The number of nitro groups is 1. The molecule has 0 aliphatic rings. The average molecular weight is 290 g/mol. The summed E-state index contributed by atoms with van der Waals surface area (Å²) < 4.78 is 19.0. The molecule has 0 spiro atoms. The lowest BCUT2D eigenvalue weighted by Crippen LogP contribution is -1.97. The summed E-state index contributed by atoms with van der Waals surface area (Å²) in [6.07, 6.45) is 0. The van der Waals surface area contributed by atoms with Crippen LogP contribution >= 0.6 is 0 Å². The van der Waals surface area contributed by atoms with Crippen LogP contribution in [0.15, 0.2) is 42.5 Å². The summed E-state index contributed by atoms with van der Waals surface area (Å²) in [6, 6.07) is 10.9. The van der Waals surface area contributed by atoms with E-state index in [0.717, 1.165) is 11.6 Å². The number of benzene rings is 2. The molecule has 110 valence electrons. The Morgan fingerprint density at radius 1 is 1.24 bits per heavy atom. The maximum absolute atomic E-state index is 13.8. The molecule has 0 saturated carbocycles. The number of nitro benzene ring substituents is 1. The molecule has 0 bridgehead atoms. The molecule has 0 saturated heterocycles. The number of nitrogens with zero attached hydrogens (tertiary/aromatic N) is 1. The minimum atomic E-state index is -0.664. The number of hydrogen-bond donors (Lipinski definition) is 1. The van der Waals surface area contributed by atoms with Crippen molar-refractivity contribution in [3.8, 4) is 0 Å². The lowest BCUT2D eigenvalue weighted by Gasteiger charge is -2.08. The fourth-order valence-electron chi connectivity index (χ4n) is 1.78. The first-order chi connectivity index (χ1) is 10.1. The summed E-state index contributed by atoms with van der Waals surface area (Å²) in [7, 11) is 0. The number of hydrogen-bond acceptors (Lipinski definition) is 4. The van der Waals surface area contributed by atoms with E-state index in [0.29, 0.717) is 18.9 Å². The first-order valence-corrected chi connectivity index (χ1v) is 6.48. The zero-order chi connectivity index (χ0) is 15.2. The fraction of sp³-hybridized carbons (Fsp3) is 0.200. The minimum absolute atomic E-state index is 0.193. The van der Waals surface area contributed by atoms with E-state index in [1.165, 1.54) is 12.1 Å². The number of ether oxygens (including phenoxy) is 1. The van der Waals surface area contributed by atoms with Crippen LogP contribution < -0.4 is 5.32 Å². The van der Waals surface area contributed by atoms with E-state index in [1.807, 2.05) is 19.1 Å². The highest BCUT2D eigenvalue weighted by Crippen LogP contribution is 2.24. The molecule has 2 aromatic rings. The summed E-state index contributed by atoms with van der Waals surface area (Å²) in [4.78, 5) is 9.92. The Labute approximate surface area is 121 Å². The van der Waals surface area contributed by atoms with Crippen molar-refractivity contribution in [1.29, 1.82) is 0 Å². The third-order valence-electron chi connectivity index (χ3n) is 2.87. The van der Waals surface area contributed by atoms with Crippen molar-refractivity contribution in [2.75, 3.05) is 11.9 Å². The number of nitrogens with one attached hydrogen (secondary N) is 1. The molecule has 21 heavy (non-hydrogen) atoms. The second-order valence-corrected chi connectivity index (χ2v) is 4.38. The van der Waals surface area contributed by atoms with Gasteiger partial charge in [0.25, 0.3) is 5.69 Å². The van der Waals surface area contributed by atoms with Gasteiger partial charge in [0.05, 0.1) is 23.3 Å². The minimum Gasteiger partial charge on any atom is -0.377 e. The van der Waals surface area contributed by atoms with Gasteiger partial charge in [-0.05, 0) is 30.7 Å². The Morgan fingerprint density at radius 3 is 2.52 bits per heavy atom. The van der Waals surface area contributed by atoms with Crippen LogP contribution in [-0.4, -0.2) is 11.5 Å². The smallest absolute Gasteiger partial charge is 0.272 e. The number of rotatable bonds is 6. The van der Waals surface area contributed by atoms with Crippen molar-refractivity contribution in [2.45, 2.75) is 13.5 Å². The number of halogens is 1. The molecule has 6 heteroatoms. The first-order valence-electron chi connectivity index (χ1n) is 6.48. The zero-order valence-electron chi connectivity index (χ0n) is 11.5. The Kier molecular flexibility index (Phi) is 4.84. The second kappa shape index (κ2) is 6.81. The number of non-ortho nitro benzene ring substituents is 1. The van der Waals surface area contributed by atoms with E-state index in [-0.39, 0.29) is 11.4 Å². The van der Waals surface area contributed by atoms with Crippen LogP contribution in [0, 0.1) is 15.9 Å². The van der Waals surface area contributed by atoms with Gasteiger partial charge in [-0.2, -0.15) is 0 Å². The standard InChI is InChI=1S/C15H15FN2O3/c1-2-21-10-11-3-5-12(6-4-11)17-15-8-7-13(18(19)20)9-14(15)16/h3-9,17H,2,10H2,1H3. The van der Waals surface area contributed by atoms with E-state index < -0.39 is 10.7 Å². The second-order valence-electron chi connectivity index (χ2n) is 4.38. The van der Waals surface area contributed by atoms with E-state index in [9.17, 15) is 14.5 Å². The average Bonchev–Trinajstić information content (AvgIpc) is 2.48. The molecule has 0 unspecified atom stereocenters. The van der Waals surface area contributed by atoms with Gasteiger partial charge < -0.3 is 10.1 Å². The normalized spacial score (nSPS) is 10.4. The van der Waals surface area contributed by atoms with Crippen molar-refractivity contribution in [3.05, 3.63) is 64.0 Å². The Hall–Kier alpha value is -2.47. The zero-order valence-corrected chi connectivity index (χ0v) is 11.5. The van der Waals surface area contributed by atoms with Gasteiger partial charge in [0, 0.05) is 18.4 Å². The molecule has 0 amide bonds. The van der Waals surface area contributed by atoms with Gasteiger partial charge in [-0.15, -0.1) is 0 Å². The molecule has 0 fully saturated rings. The molecule has 0 aliphatic heterocycles. The molecular weight excluding hydrogens is 275 g/mol. The Morgan fingerprint density at radius 2 is 1.95 bits per heavy atom. The van der Waals surface area contributed by atoms with Crippen LogP contribution in [0.3, 0.4) is 0 Å². The van der Waals surface area contributed by atoms with Crippen LogP contribution in [-0.2, 0) is 11.3 Å². The van der Waals surface area contributed by atoms with Crippen molar-refractivity contribution in [1.82, 2.24) is 0 Å². The quantitative estimate of drug-likeness (QED) is 0.644. The summed E-state index contributed by atoms with van der Waals surface area (Å²) >= 11 is 0. The van der Waals surface area contributed by atoms with E-state index in [1.54, 1.807) is 12.1 Å². The lowest BCUT2D eigenvalue weighted by atomic mass is 10.2. The van der Waals surface area contributed by atoms with Gasteiger partial charge in [0.2, 0.25) is 0 Å². The van der Waals surface area contributed by atoms with Crippen molar-refractivity contribution in [2.24, 2.45) is 0 Å². The molecule has 0 radical (unpaired) electrons. The molecule has 0 aliphatic carbocycles. The third kappa shape index (κ3) is 4.00. The number of anilines is 2. The molecule has 2 rings (SSSR count). The van der Waals surface area contributed by atoms with Gasteiger partial charge in [-0.25, -0.2) is 4.39 Å². The maximum Gasteiger partial charge on any atom is 0.272 e. The van der Waals surface area contributed by atoms with Gasteiger partial charge in [0.15, 0.2) is 5.82 Å².